The van der Waals surface area contributed by atoms with Crippen LogP contribution in [-0.2, 0) is 16.6 Å². The van der Waals surface area contributed by atoms with Gasteiger partial charge in [-0.1, -0.05) is 43.3 Å². The number of carbonyl (C=O) groups is 1. The van der Waals surface area contributed by atoms with Crippen molar-refractivity contribution in [2.75, 3.05) is 37.7 Å². The number of nitrogens with one attached hydrogen (secondary N) is 1. The Balaban J connectivity index is 1.54. The molecule has 0 bridgehead atoms. The summed E-state index contributed by atoms with van der Waals surface area (Å²) in [6, 6.07) is 21.9. The van der Waals surface area contributed by atoms with Crippen molar-refractivity contribution in [2.24, 2.45) is 5.92 Å². The SMILES string of the molecule is C[C@H](CO)N1C[C@H](C)[C@H](CN(C)Cc2ccc(Oc3ccccc3)cc2)Oc2c(NS(C)(=O)=O)cccc2C1=O. The lowest BCUT2D eigenvalue weighted by molar-refractivity contribution is 0.0344. The Bertz CT molecular complexity index is 1400. The van der Waals surface area contributed by atoms with E-state index in [4.69, 9.17) is 9.47 Å². The second kappa shape index (κ2) is 12.7. The second-order valence-electron chi connectivity index (χ2n) is 10.4. The third kappa shape index (κ3) is 7.53. The molecule has 2 N–H and O–H groups in total. The van der Waals surface area contributed by atoms with Crippen LogP contribution in [-0.4, -0.2) is 74.4 Å². The summed E-state index contributed by atoms with van der Waals surface area (Å²) in [5, 5.41) is 9.85. The molecule has 9 nitrogen and oxygen atoms in total. The van der Waals surface area contributed by atoms with Crippen molar-refractivity contribution in [3.63, 3.8) is 0 Å². The van der Waals surface area contributed by atoms with Gasteiger partial charge in [0.2, 0.25) is 10.0 Å². The lowest BCUT2D eigenvalue weighted by atomic mass is 9.99. The summed E-state index contributed by atoms with van der Waals surface area (Å²) in [5.74, 6) is 1.29. The van der Waals surface area contributed by atoms with E-state index in [1.54, 1.807) is 30.0 Å². The maximum absolute atomic E-state index is 13.5. The Kier molecular flexibility index (Phi) is 9.34. The lowest BCUT2D eigenvalue weighted by Crippen LogP contribution is -2.49. The molecule has 3 atom stereocenters. The van der Waals surface area contributed by atoms with E-state index in [0.29, 0.717) is 19.6 Å². The highest BCUT2D eigenvalue weighted by molar-refractivity contribution is 7.92. The number of benzene rings is 3. The molecule has 0 aromatic heterocycles. The molecule has 0 radical (unpaired) electrons. The minimum Gasteiger partial charge on any atom is -0.486 e. The fourth-order valence-electron chi connectivity index (χ4n) is 4.71. The molecule has 1 aliphatic rings. The molecule has 10 heteroatoms. The van der Waals surface area contributed by atoms with Crippen LogP contribution < -0.4 is 14.2 Å². The number of aliphatic hydroxyl groups excluding tert-OH is 1. The zero-order chi connectivity index (χ0) is 28.9. The van der Waals surface area contributed by atoms with Gasteiger partial charge in [0.1, 0.15) is 17.6 Å². The molecule has 1 aliphatic heterocycles. The first-order valence-corrected chi connectivity index (χ1v) is 15.1. The van der Waals surface area contributed by atoms with Gasteiger partial charge in [-0.2, -0.15) is 0 Å². The van der Waals surface area contributed by atoms with E-state index in [0.717, 1.165) is 23.3 Å². The first kappa shape index (κ1) is 29.4. The van der Waals surface area contributed by atoms with E-state index in [-0.39, 0.29) is 41.5 Å². The quantitative estimate of drug-likeness (QED) is 0.378. The monoisotopic (exact) mass is 567 g/mol. The first-order valence-electron chi connectivity index (χ1n) is 13.2. The van der Waals surface area contributed by atoms with E-state index in [1.807, 2.05) is 68.6 Å². The number of anilines is 1. The third-order valence-electron chi connectivity index (χ3n) is 6.83. The molecule has 4 rings (SSSR count). The molecule has 0 spiro atoms. The van der Waals surface area contributed by atoms with Crippen LogP contribution in [0.1, 0.15) is 29.8 Å². The van der Waals surface area contributed by atoms with Crippen LogP contribution in [0.4, 0.5) is 5.69 Å². The molecule has 0 saturated carbocycles. The van der Waals surface area contributed by atoms with Crippen molar-refractivity contribution in [1.82, 2.24) is 9.80 Å². The lowest BCUT2D eigenvalue weighted by Gasteiger charge is -2.38. The number of rotatable bonds is 10. The van der Waals surface area contributed by atoms with E-state index in [2.05, 4.69) is 9.62 Å². The first-order chi connectivity index (χ1) is 19.0. The van der Waals surface area contributed by atoms with Crippen LogP contribution >= 0.6 is 0 Å². The average molecular weight is 568 g/mol. The predicted molar refractivity (Wildman–Crippen MR) is 155 cm³/mol. The Morgan fingerprint density at radius 1 is 1.07 bits per heavy atom. The number of hydrogen-bond donors (Lipinski definition) is 2. The number of fused-ring (bicyclic) bond motifs is 1. The van der Waals surface area contributed by atoms with Crippen LogP contribution in [0.25, 0.3) is 0 Å². The van der Waals surface area contributed by atoms with E-state index in [1.165, 1.54) is 0 Å². The van der Waals surface area contributed by atoms with Gasteiger partial charge in [-0.25, -0.2) is 8.42 Å². The highest BCUT2D eigenvalue weighted by atomic mass is 32.2. The van der Waals surface area contributed by atoms with Gasteiger partial charge in [-0.05, 0) is 55.9 Å². The average Bonchev–Trinajstić information content (AvgIpc) is 2.91. The fraction of sp³-hybridized carbons (Fsp3) is 0.367. The van der Waals surface area contributed by atoms with Gasteiger partial charge < -0.3 is 19.5 Å². The van der Waals surface area contributed by atoms with Gasteiger partial charge in [-0.3, -0.25) is 14.4 Å². The normalized spacial score (nSPS) is 18.4. The van der Waals surface area contributed by atoms with Crippen LogP contribution in [0.3, 0.4) is 0 Å². The summed E-state index contributed by atoms with van der Waals surface area (Å²) in [4.78, 5) is 17.3. The smallest absolute Gasteiger partial charge is 0.258 e. The summed E-state index contributed by atoms with van der Waals surface area (Å²) in [6.45, 7) is 5.14. The third-order valence-corrected chi connectivity index (χ3v) is 7.42. The van der Waals surface area contributed by atoms with Gasteiger partial charge in [0.15, 0.2) is 5.75 Å². The van der Waals surface area contributed by atoms with Gasteiger partial charge >= 0.3 is 0 Å². The summed E-state index contributed by atoms with van der Waals surface area (Å²) in [5.41, 5.74) is 1.55. The van der Waals surface area contributed by atoms with Gasteiger partial charge in [-0.15, -0.1) is 0 Å². The Labute approximate surface area is 236 Å². The minimum absolute atomic E-state index is 0.110. The van der Waals surface area contributed by atoms with Crippen molar-refractivity contribution >= 4 is 21.6 Å². The van der Waals surface area contributed by atoms with Gasteiger partial charge in [0, 0.05) is 25.6 Å². The van der Waals surface area contributed by atoms with Crippen LogP contribution in [0.5, 0.6) is 17.2 Å². The van der Waals surface area contributed by atoms with E-state index in [9.17, 15) is 18.3 Å². The molecule has 40 heavy (non-hydrogen) atoms. The fourth-order valence-corrected chi connectivity index (χ4v) is 5.27. The topological polar surface area (TPSA) is 108 Å². The van der Waals surface area contributed by atoms with Gasteiger partial charge in [0.25, 0.3) is 5.91 Å². The predicted octanol–water partition coefficient (Wildman–Crippen LogP) is 4.20. The van der Waals surface area contributed by atoms with Crippen molar-refractivity contribution in [3.05, 3.63) is 83.9 Å². The zero-order valence-electron chi connectivity index (χ0n) is 23.3. The minimum atomic E-state index is -3.62. The highest BCUT2D eigenvalue weighted by Crippen LogP contribution is 2.35. The molecular weight excluding hydrogens is 530 g/mol. The number of para-hydroxylation sites is 2. The molecule has 0 saturated heterocycles. The number of hydrogen-bond acceptors (Lipinski definition) is 7. The number of nitrogens with zero attached hydrogens (tertiary/aromatic N) is 2. The molecule has 1 heterocycles. The summed E-state index contributed by atoms with van der Waals surface area (Å²) in [7, 11) is -1.63. The molecule has 0 unspecified atom stereocenters. The summed E-state index contributed by atoms with van der Waals surface area (Å²) >= 11 is 0. The number of likely N-dealkylation sites (N-methyl/N-ethyl adjacent to an activating group) is 1. The van der Waals surface area contributed by atoms with Crippen LogP contribution in [0.15, 0.2) is 72.8 Å². The van der Waals surface area contributed by atoms with Crippen molar-refractivity contribution in [1.29, 1.82) is 0 Å². The van der Waals surface area contributed by atoms with E-state index >= 15 is 0 Å². The number of sulfonamides is 1. The maximum atomic E-state index is 13.5. The number of amides is 1. The van der Waals surface area contributed by atoms with Crippen LogP contribution in [0.2, 0.25) is 0 Å². The molecule has 0 aliphatic carbocycles. The summed E-state index contributed by atoms with van der Waals surface area (Å²) in [6.07, 6.45) is 0.690. The van der Waals surface area contributed by atoms with Crippen molar-refractivity contribution in [2.45, 2.75) is 32.5 Å². The number of ether oxygens (including phenoxy) is 2. The zero-order valence-corrected chi connectivity index (χ0v) is 24.1. The van der Waals surface area contributed by atoms with Crippen molar-refractivity contribution < 1.29 is 27.8 Å². The molecule has 0 fully saturated rings. The Morgan fingerprint density at radius 3 is 2.40 bits per heavy atom. The largest absolute Gasteiger partial charge is 0.486 e. The molecule has 3 aromatic rings. The second-order valence-corrected chi connectivity index (χ2v) is 12.2. The Morgan fingerprint density at radius 2 is 1.75 bits per heavy atom. The van der Waals surface area contributed by atoms with Crippen LogP contribution in [0, 0.1) is 5.92 Å². The standard InChI is InChI=1S/C30H37N3O6S/c1-21-17-33(22(2)20-34)30(35)26-11-8-12-27(31-40(4,36)37)29(26)39-28(21)19-32(3)18-23-13-15-25(16-14-23)38-24-9-6-5-7-10-24/h5-16,21-22,28,31,34H,17-20H2,1-4H3/t21-,22+,28-/m0/s1. The molecule has 1 amide bonds. The van der Waals surface area contributed by atoms with Crippen molar-refractivity contribution in [3.8, 4) is 17.2 Å². The molecule has 214 valence electrons. The maximum Gasteiger partial charge on any atom is 0.258 e. The number of aliphatic hydroxyl groups is 1. The highest BCUT2D eigenvalue weighted by Gasteiger charge is 2.34. The molecular formula is C30H37N3O6S. The number of carbonyl (C=O) groups excluding carboxylic acids is 1. The summed E-state index contributed by atoms with van der Waals surface area (Å²) < 4.78 is 39.0. The Hall–Kier alpha value is -3.60. The van der Waals surface area contributed by atoms with Gasteiger partial charge in [0.05, 0.1) is 30.2 Å². The molecule has 3 aromatic carbocycles. The van der Waals surface area contributed by atoms with E-state index < -0.39 is 16.1 Å².